The van der Waals surface area contributed by atoms with Crippen molar-refractivity contribution < 1.29 is 33.0 Å². The molecule has 2 atom stereocenters. The van der Waals surface area contributed by atoms with Crippen LogP contribution < -0.4 is 5.32 Å². The molecular weight excluding hydrogens is 458 g/mol. The summed E-state index contributed by atoms with van der Waals surface area (Å²) in [6.45, 7) is 0.343. The predicted molar refractivity (Wildman–Crippen MR) is 124 cm³/mol. The van der Waals surface area contributed by atoms with E-state index in [1.54, 1.807) is 0 Å². The van der Waals surface area contributed by atoms with Gasteiger partial charge in [0, 0.05) is 31.3 Å². The molecule has 0 aromatic heterocycles. The zero-order chi connectivity index (χ0) is 24.9. The van der Waals surface area contributed by atoms with Crippen LogP contribution in [0.3, 0.4) is 0 Å². The second kappa shape index (κ2) is 10.8. The zero-order valence-electron chi connectivity index (χ0n) is 19.2. The number of hydrogen-bond donors (Lipinski definition) is 2. The Labute approximate surface area is 202 Å². The number of carboxylic acids is 1. The van der Waals surface area contributed by atoms with Gasteiger partial charge in [0.05, 0.1) is 0 Å². The molecule has 2 amide bonds. The third kappa shape index (κ3) is 5.61. The molecule has 1 saturated heterocycles. The number of halogens is 2. The van der Waals surface area contributed by atoms with Gasteiger partial charge in [-0.05, 0) is 41.5 Å². The van der Waals surface area contributed by atoms with Crippen molar-refractivity contribution in [3.05, 3.63) is 59.7 Å². The summed E-state index contributed by atoms with van der Waals surface area (Å²) in [6.07, 6.45) is -3.20. The normalized spacial score (nSPS) is 17.7. The lowest BCUT2D eigenvalue weighted by atomic mass is 9.98. The third-order valence-corrected chi connectivity index (χ3v) is 6.70. The van der Waals surface area contributed by atoms with Gasteiger partial charge in [-0.25, -0.2) is 13.6 Å². The highest BCUT2D eigenvalue weighted by atomic mass is 19.3. The van der Waals surface area contributed by atoms with Gasteiger partial charge in [-0.2, -0.15) is 0 Å². The second-order valence-electron chi connectivity index (χ2n) is 8.91. The number of amides is 2. The Morgan fingerprint density at radius 2 is 1.69 bits per heavy atom. The molecule has 0 bridgehead atoms. The molecule has 2 aromatic rings. The largest absolute Gasteiger partial charge is 0.481 e. The Bertz CT molecular complexity index is 1050. The molecule has 9 heteroatoms. The number of rotatable bonds is 9. The molecule has 2 unspecified atom stereocenters. The average Bonchev–Trinajstić information content (AvgIpc) is 3.43. The molecular formula is C26H28F2N2O5. The minimum absolute atomic E-state index is 0.000397. The topological polar surface area (TPSA) is 95.9 Å². The molecule has 2 N–H and O–H groups in total. The summed E-state index contributed by atoms with van der Waals surface area (Å²) >= 11 is 0. The van der Waals surface area contributed by atoms with Crippen molar-refractivity contribution in [2.45, 2.75) is 56.5 Å². The highest BCUT2D eigenvalue weighted by Gasteiger charge is 2.36. The minimum atomic E-state index is -2.81. The number of aliphatic carboxylic acids is 1. The van der Waals surface area contributed by atoms with Crippen molar-refractivity contribution in [3.8, 4) is 11.1 Å². The van der Waals surface area contributed by atoms with E-state index in [9.17, 15) is 23.2 Å². The fourth-order valence-corrected chi connectivity index (χ4v) is 5.10. The number of ether oxygens (including phenoxy) is 1. The van der Waals surface area contributed by atoms with Gasteiger partial charge in [0.2, 0.25) is 12.3 Å². The number of alkyl carbamates (subject to hydrolysis) is 1. The van der Waals surface area contributed by atoms with Crippen molar-refractivity contribution in [2.75, 3.05) is 13.2 Å². The lowest BCUT2D eigenvalue weighted by molar-refractivity contribution is -0.139. The first kappa shape index (κ1) is 24.6. The molecule has 1 heterocycles. The molecule has 1 aliphatic heterocycles. The molecule has 0 saturated carbocycles. The van der Waals surface area contributed by atoms with Crippen LogP contribution in [0.5, 0.6) is 0 Å². The molecule has 0 radical (unpaired) electrons. The minimum Gasteiger partial charge on any atom is -0.481 e. The summed E-state index contributed by atoms with van der Waals surface area (Å²) in [5, 5.41) is 11.3. The van der Waals surface area contributed by atoms with Crippen LogP contribution in [0.4, 0.5) is 13.6 Å². The summed E-state index contributed by atoms with van der Waals surface area (Å²) in [6, 6.07) is 13.8. The maximum Gasteiger partial charge on any atom is 0.407 e. The quantitative estimate of drug-likeness (QED) is 0.548. The van der Waals surface area contributed by atoms with Gasteiger partial charge in [0.15, 0.2) is 0 Å². The van der Waals surface area contributed by atoms with Crippen LogP contribution >= 0.6 is 0 Å². The van der Waals surface area contributed by atoms with Gasteiger partial charge >= 0.3 is 12.1 Å². The summed E-state index contributed by atoms with van der Waals surface area (Å²) < 4.78 is 31.9. The van der Waals surface area contributed by atoms with Crippen LogP contribution in [0.2, 0.25) is 0 Å². The first-order valence-corrected chi connectivity index (χ1v) is 11.8. The van der Waals surface area contributed by atoms with E-state index in [-0.39, 0.29) is 31.4 Å². The molecule has 2 aromatic carbocycles. The van der Waals surface area contributed by atoms with E-state index in [1.807, 2.05) is 48.5 Å². The Hall–Kier alpha value is -3.49. The van der Waals surface area contributed by atoms with Crippen molar-refractivity contribution in [1.29, 1.82) is 0 Å². The van der Waals surface area contributed by atoms with Crippen LogP contribution in [0.15, 0.2) is 48.5 Å². The molecule has 0 spiro atoms. The highest BCUT2D eigenvalue weighted by molar-refractivity contribution is 5.86. The summed E-state index contributed by atoms with van der Waals surface area (Å²) in [7, 11) is 0. The smallest absolute Gasteiger partial charge is 0.407 e. The Morgan fingerprint density at radius 3 is 2.29 bits per heavy atom. The van der Waals surface area contributed by atoms with E-state index in [0.717, 1.165) is 22.3 Å². The van der Waals surface area contributed by atoms with Crippen LogP contribution in [0.1, 0.15) is 49.1 Å². The molecule has 1 fully saturated rings. The maximum absolute atomic E-state index is 13.3. The van der Waals surface area contributed by atoms with Crippen LogP contribution in [0, 0.1) is 0 Å². The van der Waals surface area contributed by atoms with E-state index < -0.39 is 36.9 Å². The molecule has 4 rings (SSSR count). The van der Waals surface area contributed by atoms with Gasteiger partial charge in [-0.1, -0.05) is 48.5 Å². The number of benzene rings is 2. The van der Waals surface area contributed by atoms with Crippen molar-refractivity contribution in [3.63, 3.8) is 0 Å². The summed E-state index contributed by atoms with van der Waals surface area (Å²) in [5.74, 6) is -1.81. The number of carbonyl (C=O) groups excluding carboxylic acids is 2. The second-order valence-corrected chi connectivity index (χ2v) is 8.91. The third-order valence-electron chi connectivity index (χ3n) is 6.70. The van der Waals surface area contributed by atoms with Crippen molar-refractivity contribution >= 4 is 18.0 Å². The predicted octanol–water partition coefficient (Wildman–Crippen LogP) is 4.40. The lowest BCUT2D eigenvalue weighted by Gasteiger charge is -2.29. The molecule has 35 heavy (non-hydrogen) atoms. The van der Waals surface area contributed by atoms with Crippen molar-refractivity contribution in [2.24, 2.45) is 0 Å². The summed E-state index contributed by atoms with van der Waals surface area (Å²) in [4.78, 5) is 38.0. The van der Waals surface area contributed by atoms with Gasteiger partial charge < -0.3 is 20.1 Å². The van der Waals surface area contributed by atoms with Gasteiger partial charge in [0.1, 0.15) is 12.6 Å². The van der Waals surface area contributed by atoms with Crippen LogP contribution in [0.25, 0.3) is 11.1 Å². The number of hydrogen-bond acceptors (Lipinski definition) is 4. The SMILES string of the molecule is O=C(O)CCC1CCCN1C(=O)C(CC(F)F)NC(=O)OCC1c2ccccc2-c2ccccc21. The number of alkyl halides is 2. The maximum atomic E-state index is 13.3. The average molecular weight is 487 g/mol. The van der Waals surface area contributed by atoms with E-state index in [4.69, 9.17) is 9.84 Å². The van der Waals surface area contributed by atoms with E-state index in [1.165, 1.54) is 4.90 Å². The Kier molecular flexibility index (Phi) is 7.63. The number of carbonyl (C=O) groups is 3. The number of carboxylic acid groups (broad SMARTS) is 1. The Balaban J connectivity index is 1.41. The fraction of sp³-hybridized carbons (Fsp3) is 0.423. The van der Waals surface area contributed by atoms with E-state index in [2.05, 4.69) is 5.32 Å². The zero-order valence-corrected chi connectivity index (χ0v) is 19.2. The molecule has 7 nitrogen and oxygen atoms in total. The molecule has 1 aliphatic carbocycles. The summed E-state index contributed by atoms with van der Waals surface area (Å²) in [5.41, 5.74) is 4.15. The highest BCUT2D eigenvalue weighted by Crippen LogP contribution is 2.44. The number of nitrogens with one attached hydrogen (secondary N) is 1. The number of likely N-dealkylation sites (tertiary alicyclic amines) is 1. The molecule has 2 aliphatic rings. The monoisotopic (exact) mass is 486 g/mol. The van der Waals surface area contributed by atoms with E-state index in [0.29, 0.717) is 19.4 Å². The molecule has 186 valence electrons. The first-order valence-electron chi connectivity index (χ1n) is 11.8. The van der Waals surface area contributed by atoms with Gasteiger partial charge in [-0.3, -0.25) is 9.59 Å². The standard InChI is InChI=1S/C26H28F2N2O5/c27-23(28)14-22(25(33)30-13-5-6-16(30)11-12-24(31)32)29-26(34)35-15-21-19-9-3-1-7-17(19)18-8-2-4-10-20(18)21/h1-4,7-10,16,21-23H,5-6,11-15H2,(H,29,34)(H,31,32). The fourth-order valence-electron chi connectivity index (χ4n) is 5.10. The van der Waals surface area contributed by atoms with E-state index >= 15 is 0 Å². The van der Waals surface area contributed by atoms with Crippen LogP contribution in [-0.4, -0.2) is 59.6 Å². The first-order chi connectivity index (χ1) is 16.8. The lowest BCUT2D eigenvalue weighted by Crippen LogP contribution is -2.51. The number of fused-ring (bicyclic) bond motifs is 3. The van der Waals surface area contributed by atoms with Crippen molar-refractivity contribution in [1.82, 2.24) is 10.2 Å². The Morgan fingerprint density at radius 1 is 1.06 bits per heavy atom. The van der Waals surface area contributed by atoms with Crippen LogP contribution in [-0.2, 0) is 14.3 Å². The van der Waals surface area contributed by atoms with Gasteiger partial charge in [0.25, 0.3) is 0 Å². The van der Waals surface area contributed by atoms with Gasteiger partial charge in [-0.15, -0.1) is 0 Å². The number of nitrogens with zero attached hydrogens (tertiary/aromatic N) is 1.